The summed E-state index contributed by atoms with van der Waals surface area (Å²) in [5.41, 5.74) is 0. The second-order valence-corrected chi connectivity index (χ2v) is 6.00. The first-order valence-electron chi connectivity index (χ1n) is 5.48. The molecule has 0 aromatic heterocycles. The molecule has 0 saturated carbocycles. The molecule has 0 unspecified atom stereocenters. The van der Waals surface area contributed by atoms with Crippen LogP contribution in [0.15, 0.2) is 23.1 Å². The molecule has 5 nitrogen and oxygen atoms in total. The fraction of sp³-hybridized carbons (Fsp3) is 0.364. The molecule has 106 valence electrons. The van der Waals surface area contributed by atoms with Gasteiger partial charge in [-0.05, 0) is 24.6 Å². The highest BCUT2D eigenvalue weighted by Crippen LogP contribution is 2.19. The smallest absolute Gasteiger partial charge is 0.321 e. The van der Waals surface area contributed by atoms with E-state index < -0.39 is 27.9 Å². The van der Waals surface area contributed by atoms with Gasteiger partial charge in [0, 0.05) is 0 Å². The van der Waals surface area contributed by atoms with Crippen LogP contribution in [0.3, 0.4) is 0 Å². The number of carboxylic acid groups (broad SMARTS) is 1. The number of benzene rings is 1. The molecule has 1 aromatic rings. The zero-order valence-electron chi connectivity index (χ0n) is 10.1. The Bertz CT molecular complexity index is 576. The summed E-state index contributed by atoms with van der Waals surface area (Å²) in [7, 11) is -4.05. The Morgan fingerprint density at radius 2 is 2.16 bits per heavy atom. The normalized spacial score (nSPS) is 13.2. The maximum atomic E-state index is 13.0. The van der Waals surface area contributed by atoms with E-state index in [0.29, 0.717) is 6.42 Å². The number of hydrogen-bond acceptors (Lipinski definition) is 3. The zero-order chi connectivity index (χ0) is 14.6. The summed E-state index contributed by atoms with van der Waals surface area (Å²) in [5.74, 6) is -2.01. The Balaban J connectivity index is 3.03. The minimum absolute atomic E-state index is 0.156. The first kappa shape index (κ1) is 15.9. The monoisotopic (exact) mass is 309 g/mol. The molecule has 0 saturated heterocycles. The Hall–Kier alpha value is -1.18. The number of carboxylic acids is 1. The van der Waals surface area contributed by atoms with E-state index in [-0.39, 0.29) is 16.3 Å². The standard InChI is InChI=1S/C11H13ClFNO4S/c1-2-3-10(11(15)16)14-19(17,18)7-4-5-9(13)8(12)6-7/h4-6,10,14H,2-3H2,1H3,(H,15,16)/t10-/m1/s1. The van der Waals surface area contributed by atoms with Crippen LogP contribution in [-0.2, 0) is 14.8 Å². The molecule has 19 heavy (non-hydrogen) atoms. The molecule has 0 aliphatic carbocycles. The first-order chi connectivity index (χ1) is 8.77. The molecule has 1 aromatic carbocycles. The van der Waals surface area contributed by atoms with Crippen molar-refractivity contribution in [2.45, 2.75) is 30.7 Å². The highest BCUT2D eigenvalue weighted by atomic mass is 35.5. The summed E-state index contributed by atoms with van der Waals surface area (Å²) in [6, 6.07) is 1.64. The van der Waals surface area contributed by atoms with E-state index in [4.69, 9.17) is 16.7 Å². The number of carbonyl (C=O) groups is 1. The topological polar surface area (TPSA) is 83.5 Å². The van der Waals surface area contributed by atoms with Gasteiger partial charge in [-0.2, -0.15) is 4.72 Å². The number of halogens is 2. The predicted molar refractivity (Wildman–Crippen MR) is 68.1 cm³/mol. The second kappa shape index (κ2) is 6.31. The lowest BCUT2D eigenvalue weighted by atomic mass is 10.2. The van der Waals surface area contributed by atoms with Gasteiger partial charge in [-0.15, -0.1) is 0 Å². The lowest BCUT2D eigenvalue weighted by Gasteiger charge is -2.14. The Kier molecular flexibility index (Phi) is 5.28. The molecule has 8 heteroatoms. The molecule has 0 amide bonds. The van der Waals surface area contributed by atoms with Crippen molar-refractivity contribution in [3.8, 4) is 0 Å². The third kappa shape index (κ3) is 4.15. The average molecular weight is 310 g/mol. The van der Waals surface area contributed by atoms with Crippen LogP contribution in [0, 0.1) is 5.82 Å². The third-order valence-corrected chi connectivity index (χ3v) is 4.13. The van der Waals surface area contributed by atoms with Crippen molar-refractivity contribution < 1.29 is 22.7 Å². The molecular weight excluding hydrogens is 297 g/mol. The van der Waals surface area contributed by atoms with Crippen LogP contribution < -0.4 is 4.72 Å². The SMILES string of the molecule is CCC[C@@H](NS(=O)(=O)c1ccc(F)c(Cl)c1)C(=O)O. The highest BCUT2D eigenvalue weighted by Gasteiger charge is 2.25. The molecule has 0 heterocycles. The second-order valence-electron chi connectivity index (χ2n) is 3.88. The summed E-state index contributed by atoms with van der Waals surface area (Å²) in [5, 5.41) is 8.56. The van der Waals surface area contributed by atoms with Crippen molar-refractivity contribution in [2.75, 3.05) is 0 Å². The van der Waals surface area contributed by atoms with Gasteiger partial charge in [-0.1, -0.05) is 24.9 Å². The molecule has 0 fully saturated rings. The minimum atomic E-state index is -4.05. The summed E-state index contributed by atoms with van der Waals surface area (Å²) in [6.07, 6.45) is 0.660. The van der Waals surface area contributed by atoms with Crippen molar-refractivity contribution in [2.24, 2.45) is 0 Å². The Morgan fingerprint density at radius 3 is 2.63 bits per heavy atom. The van der Waals surface area contributed by atoms with Crippen LogP contribution >= 0.6 is 11.6 Å². The molecule has 1 atom stereocenters. The fourth-order valence-electron chi connectivity index (χ4n) is 1.42. The van der Waals surface area contributed by atoms with Gasteiger partial charge in [-0.3, -0.25) is 4.79 Å². The van der Waals surface area contributed by atoms with Crippen LogP contribution in [0.25, 0.3) is 0 Å². The molecule has 0 spiro atoms. The maximum absolute atomic E-state index is 13.0. The number of nitrogens with one attached hydrogen (secondary N) is 1. The van der Waals surface area contributed by atoms with Gasteiger partial charge in [-0.25, -0.2) is 12.8 Å². The molecule has 1 rings (SSSR count). The quantitative estimate of drug-likeness (QED) is 0.842. The zero-order valence-corrected chi connectivity index (χ0v) is 11.6. The van der Waals surface area contributed by atoms with Gasteiger partial charge in [0.2, 0.25) is 10.0 Å². The van der Waals surface area contributed by atoms with E-state index in [1.807, 2.05) is 4.72 Å². The van der Waals surface area contributed by atoms with Gasteiger partial charge < -0.3 is 5.11 Å². The van der Waals surface area contributed by atoms with E-state index in [1.54, 1.807) is 6.92 Å². The highest BCUT2D eigenvalue weighted by molar-refractivity contribution is 7.89. The van der Waals surface area contributed by atoms with E-state index in [1.165, 1.54) is 0 Å². The van der Waals surface area contributed by atoms with Crippen molar-refractivity contribution >= 4 is 27.6 Å². The summed E-state index contributed by atoms with van der Waals surface area (Å²) < 4.78 is 38.9. The van der Waals surface area contributed by atoms with E-state index >= 15 is 0 Å². The lowest BCUT2D eigenvalue weighted by molar-refractivity contribution is -0.139. The summed E-state index contributed by atoms with van der Waals surface area (Å²) in [4.78, 5) is 10.6. The third-order valence-electron chi connectivity index (χ3n) is 2.37. The predicted octanol–water partition coefficient (Wildman–Crippen LogP) is 2.01. The summed E-state index contributed by atoms with van der Waals surface area (Å²) in [6.45, 7) is 1.74. The van der Waals surface area contributed by atoms with Crippen molar-refractivity contribution in [1.29, 1.82) is 0 Å². The van der Waals surface area contributed by atoms with Crippen LogP contribution in [0.2, 0.25) is 5.02 Å². The molecule has 0 radical (unpaired) electrons. The van der Waals surface area contributed by atoms with Crippen molar-refractivity contribution in [1.82, 2.24) is 4.72 Å². The Labute approximate surface area is 115 Å². The molecule has 0 bridgehead atoms. The number of aliphatic carboxylic acids is 1. The molecule has 0 aliphatic rings. The summed E-state index contributed by atoms with van der Waals surface area (Å²) >= 11 is 5.50. The van der Waals surface area contributed by atoms with E-state index in [0.717, 1.165) is 18.2 Å². The van der Waals surface area contributed by atoms with Crippen LogP contribution in [0.4, 0.5) is 4.39 Å². The number of hydrogen-bond donors (Lipinski definition) is 2. The van der Waals surface area contributed by atoms with Gasteiger partial charge in [0.1, 0.15) is 11.9 Å². The van der Waals surface area contributed by atoms with Gasteiger partial charge >= 0.3 is 5.97 Å². The van der Waals surface area contributed by atoms with Crippen LogP contribution in [0.1, 0.15) is 19.8 Å². The van der Waals surface area contributed by atoms with Gasteiger partial charge in [0.25, 0.3) is 0 Å². The molecule has 0 aliphatic heterocycles. The molecular formula is C11H13ClFNO4S. The lowest BCUT2D eigenvalue weighted by Crippen LogP contribution is -2.40. The largest absolute Gasteiger partial charge is 0.480 e. The minimum Gasteiger partial charge on any atom is -0.480 e. The van der Waals surface area contributed by atoms with Crippen LogP contribution in [0.5, 0.6) is 0 Å². The molecule has 2 N–H and O–H groups in total. The maximum Gasteiger partial charge on any atom is 0.321 e. The van der Waals surface area contributed by atoms with E-state index in [9.17, 15) is 17.6 Å². The first-order valence-corrected chi connectivity index (χ1v) is 7.34. The van der Waals surface area contributed by atoms with Gasteiger partial charge in [0.05, 0.1) is 9.92 Å². The van der Waals surface area contributed by atoms with Gasteiger partial charge in [0.15, 0.2) is 0 Å². The van der Waals surface area contributed by atoms with Crippen LogP contribution in [-0.4, -0.2) is 25.5 Å². The average Bonchev–Trinajstić information content (AvgIpc) is 2.31. The fourth-order valence-corrected chi connectivity index (χ4v) is 2.92. The van der Waals surface area contributed by atoms with Crippen molar-refractivity contribution in [3.63, 3.8) is 0 Å². The van der Waals surface area contributed by atoms with E-state index in [2.05, 4.69) is 0 Å². The number of sulfonamides is 1. The number of rotatable bonds is 6. The Morgan fingerprint density at radius 1 is 1.53 bits per heavy atom. The van der Waals surface area contributed by atoms with Crippen molar-refractivity contribution in [3.05, 3.63) is 29.0 Å².